The highest BCUT2D eigenvalue weighted by Gasteiger charge is 2.21. The Morgan fingerprint density at radius 1 is 0.964 bits per heavy atom. The van der Waals surface area contributed by atoms with E-state index in [2.05, 4.69) is 10.6 Å². The monoisotopic (exact) mass is 373 g/mol. The molecule has 28 heavy (non-hydrogen) atoms. The van der Waals surface area contributed by atoms with Crippen LogP contribution in [0.1, 0.15) is 20.7 Å². The molecule has 0 unspecified atom stereocenters. The Morgan fingerprint density at radius 3 is 2.61 bits per heavy atom. The summed E-state index contributed by atoms with van der Waals surface area (Å²) in [6.45, 7) is 0. The molecule has 0 aliphatic carbocycles. The van der Waals surface area contributed by atoms with Crippen LogP contribution in [0.15, 0.2) is 66.7 Å². The zero-order chi connectivity index (χ0) is 19.7. The van der Waals surface area contributed by atoms with Crippen molar-refractivity contribution in [2.24, 2.45) is 0 Å². The van der Waals surface area contributed by atoms with Gasteiger partial charge >= 0.3 is 0 Å². The minimum absolute atomic E-state index is 0.248. The first-order chi connectivity index (χ1) is 13.5. The van der Waals surface area contributed by atoms with Gasteiger partial charge in [-0.05, 0) is 48.5 Å². The molecule has 3 aromatic rings. The van der Waals surface area contributed by atoms with Crippen LogP contribution in [-0.2, 0) is 0 Å². The Morgan fingerprint density at radius 2 is 1.79 bits per heavy atom. The lowest BCUT2D eigenvalue weighted by Crippen LogP contribution is -2.15. The molecule has 2 N–H and O–H groups in total. The quantitative estimate of drug-likeness (QED) is 0.715. The first kappa shape index (κ1) is 17.6. The fraction of sp³-hybridized carbons (Fsp3) is 0.0909. The molecule has 0 saturated heterocycles. The maximum atomic E-state index is 12.6. The molecule has 0 radical (unpaired) electrons. The minimum Gasteiger partial charge on any atom is -0.454 e. The summed E-state index contributed by atoms with van der Waals surface area (Å²) in [4.78, 5) is 27.1. The Labute approximate surface area is 162 Å². The van der Waals surface area contributed by atoms with E-state index in [-0.39, 0.29) is 11.8 Å². The molecule has 4 rings (SSSR count). The van der Waals surface area contributed by atoms with Crippen LogP contribution in [0, 0.1) is 0 Å². The lowest BCUT2D eigenvalue weighted by atomic mass is 10.1. The molecule has 0 atom stereocenters. The van der Waals surface area contributed by atoms with E-state index >= 15 is 0 Å². The molecular formula is C22H19N3O3. The predicted molar refractivity (Wildman–Crippen MR) is 110 cm³/mol. The molecule has 1 heterocycles. The molecule has 0 saturated carbocycles. The fourth-order valence-corrected chi connectivity index (χ4v) is 2.97. The van der Waals surface area contributed by atoms with Gasteiger partial charge in [-0.1, -0.05) is 18.2 Å². The predicted octanol–water partition coefficient (Wildman–Crippen LogP) is 4.36. The fourth-order valence-electron chi connectivity index (χ4n) is 2.97. The Balaban J connectivity index is 1.60. The summed E-state index contributed by atoms with van der Waals surface area (Å²) in [7, 11) is 3.83. The summed E-state index contributed by atoms with van der Waals surface area (Å²) in [5.74, 6) is 0.481. The molecule has 140 valence electrons. The molecular weight excluding hydrogens is 354 g/mol. The summed E-state index contributed by atoms with van der Waals surface area (Å²) in [6.07, 6.45) is 0. The standard InChI is InChI=1S/C22H19N3O3/c1-25(2)16-7-5-6-14(12-16)21(26)23-15-10-11-19-17(13-15)22(27)24-18-8-3-4-9-20(18)28-19/h3-13H,1-2H3,(H,23,26)(H,24,27). The van der Waals surface area contributed by atoms with Crippen molar-refractivity contribution in [3.8, 4) is 11.5 Å². The van der Waals surface area contributed by atoms with Gasteiger partial charge in [-0.3, -0.25) is 9.59 Å². The van der Waals surface area contributed by atoms with Crippen LogP contribution in [0.2, 0.25) is 0 Å². The van der Waals surface area contributed by atoms with Crippen LogP contribution >= 0.6 is 0 Å². The van der Waals surface area contributed by atoms with Gasteiger partial charge in [0, 0.05) is 31.0 Å². The number of carbonyl (C=O) groups excluding carboxylic acids is 2. The average Bonchev–Trinajstić information content (AvgIpc) is 2.84. The van der Waals surface area contributed by atoms with Gasteiger partial charge in [-0.2, -0.15) is 0 Å². The lowest BCUT2D eigenvalue weighted by molar-refractivity contribution is 0.101. The van der Waals surface area contributed by atoms with Crippen molar-refractivity contribution < 1.29 is 14.3 Å². The van der Waals surface area contributed by atoms with Crippen molar-refractivity contribution >= 4 is 28.9 Å². The van der Waals surface area contributed by atoms with Crippen LogP contribution in [-0.4, -0.2) is 25.9 Å². The van der Waals surface area contributed by atoms with Gasteiger partial charge < -0.3 is 20.3 Å². The highest BCUT2D eigenvalue weighted by molar-refractivity contribution is 6.10. The van der Waals surface area contributed by atoms with E-state index in [0.29, 0.717) is 34.0 Å². The van der Waals surface area contributed by atoms with Crippen molar-refractivity contribution in [3.63, 3.8) is 0 Å². The van der Waals surface area contributed by atoms with E-state index in [1.807, 2.05) is 49.3 Å². The minimum atomic E-state index is -0.286. The van der Waals surface area contributed by atoms with Crippen molar-refractivity contribution in [1.29, 1.82) is 0 Å². The van der Waals surface area contributed by atoms with E-state index in [1.54, 1.807) is 36.4 Å². The number of anilines is 3. The van der Waals surface area contributed by atoms with Gasteiger partial charge in [0.15, 0.2) is 5.75 Å². The molecule has 0 fully saturated rings. The van der Waals surface area contributed by atoms with Gasteiger partial charge in [0.2, 0.25) is 0 Å². The zero-order valence-corrected chi connectivity index (χ0v) is 15.5. The Bertz CT molecular complexity index is 1080. The van der Waals surface area contributed by atoms with E-state index < -0.39 is 0 Å². The Hall–Kier alpha value is -3.80. The number of para-hydroxylation sites is 2. The van der Waals surface area contributed by atoms with Crippen LogP contribution in [0.4, 0.5) is 17.1 Å². The summed E-state index contributed by atoms with van der Waals surface area (Å²) < 4.78 is 5.86. The van der Waals surface area contributed by atoms with E-state index in [4.69, 9.17) is 4.74 Å². The van der Waals surface area contributed by atoms with Gasteiger partial charge in [0.1, 0.15) is 5.75 Å². The average molecular weight is 373 g/mol. The number of nitrogens with one attached hydrogen (secondary N) is 2. The van der Waals surface area contributed by atoms with Gasteiger partial charge in [0.25, 0.3) is 11.8 Å². The number of hydrogen-bond donors (Lipinski definition) is 2. The second kappa shape index (κ2) is 7.08. The molecule has 6 nitrogen and oxygen atoms in total. The summed E-state index contributed by atoms with van der Waals surface area (Å²) >= 11 is 0. The highest BCUT2D eigenvalue weighted by atomic mass is 16.5. The second-order valence-electron chi connectivity index (χ2n) is 6.66. The number of carbonyl (C=O) groups is 2. The van der Waals surface area contributed by atoms with Crippen molar-refractivity contribution in [2.45, 2.75) is 0 Å². The van der Waals surface area contributed by atoms with Crippen LogP contribution in [0.5, 0.6) is 11.5 Å². The molecule has 1 aliphatic heterocycles. The SMILES string of the molecule is CN(C)c1cccc(C(=O)Nc2ccc3c(c2)C(=O)Nc2ccccc2O3)c1. The largest absolute Gasteiger partial charge is 0.454 e. The summed E-state index contributed by atoms with van der Waals surface area (Å²) in [5.41, 5.74) is 2.95. The molecule has 1 aliphatic rings. The number of hydrogen-bond acceptors (Lipinski definition) is 4. The van der Waals surface area contributed by atoms with Crippen LogP contribution in [0.3, 0.4) is 0 Å². The molecule has 0 bridgehead atoms. The zero-order valence-electron chi connectivity index (χ0n) is 15.5. The van der Waals surface area contributed by atoms with E-state index in [9.17, 15) is 9.59 Å². The van der Waals surface area contributed by atoms with Crippen molar-refractivity contribution in [1.82, 2.24) is 0 Å². The molecule has 2 amide bonds. The number of nitrogens with zero attached hydrogens (tertiary/aromatic N) is 1. The topological polar surface area (TPSA) is 70.7 Å². The number of benzene rings is 3. The van der Waals surface area contributed by atoms with Gasteiger partial charge in [0.05, 0.1) is 11.3 Å². The third kappa shape index (κ3) is 3.40. The molecule has 6 heteroatoms. The maximum absolute atomic E-state index is 12.6. The maximum Gasteiger partial charge on any atom is 0.259 e. The number of amides is 2. The summed E-state index contributed by atoms with van der Waals surface area (Å²) in [6, 6.07) is 19.6. The second-order valence-corrected chi connectivity index (χ2v) is 6.66. The van der Waals surface area contributed by atoms with Crippen LogP contribution < -0.4 is 20.3 Å². The lowest BCUT2D eigenvalue weighted by Gasteiger charge is -2.14. The van der Waals surface area contributed by atoms with Crippen molar-refractivity contribution in [2.75, 3.05) is 29.6 Å². The van der Waals surface area contributed by atoms with Crippen molar-refractivity contribution in [3.05, 3.63) is 77.9 Å². The van der Waals surface area contributed by atoms with Gasteiger partial charge in [-0.15, -0.1) is 0 Å². The number of fused-ring (bicyclic) bond motifs is 2. The highest BCUT2D eigenvalue weighted by Crippen LogP contribution is 2.36. The van der Waals surface area contributed by atoms with Gasteiger partial charge in [-0.25, -0.2) is 0 Å². The molecule has 0 aromatic heterocycles. The summed E-state index contributed by atoms with van der Waals surface area (Å²) in [5, 5.41) is 5.67. The Kier molecular flexibility index (Phi) is 4.45. The number of ether oxygens (including phenoxy) is 1. The third-order valence-electron chi connectivity index (χ3n) is 4.46. The number of rotatable bonds is 3. The molecule has 0 spiro atoms. The van der Waals surface area contributed by atoms with Crippen LogP contribution in [0.25, 0.3) is 0 Å². The normalized spacial score (nSPS) is 12.0. The van der Waals surface area contributed by atoms with E-state index in [1.165, 1.54) is 0 Å². The van der Waals surface area contributed by atoms with E-state index in [0.717, 1.165) is 5.69 Å². The first-order valence-corrected chi connectivity index (χ1v) is 8.82. The smallest absolute Gasteiger partial charge is 0.259 e. The molecule has 3 aromatic carbocycles. The first-order valence-electron chi connectivity index (χ1n) is 8.82. The third-order valence-corrected chi connectivity index (χ3v) is 4.46.